The zero-order valence-corrected chi connectivity index (χ0v) is 22.5. The number of amides is 2. The van der Waals surface area contributed by atoms with Crippen LogP contribution in [0.3, 0.4) is 0 Å². The van der Waals surface area contributed by atoms with Crippen molar-refractivity contribution >= 4 is 41.1 Å². The second-order valence-corrected chi connectivity index (χ2v) is 9.62. The fourth-order valence-electron chi connectivity index (χ4n) is 4.80. The first-order valence-corrected chi connectivity index (χ1v) is 12.8. The molecule has 2 amide bonds. The Balaban J connectivity index is 1.45. The minimum Gasteiger partial charge on any atom is -0.465 e. The number of fused-ring (bicyclic) bond motifs is 1. The smallest absolute Gasteiger partial charge is 0.337 e. The maximum absolute atomic E-state index is 13.7. The quantitative estimate of drug-likeness (QED) is 0.279. The summed E-state index contributed by atoms with van der Waals surface area (Å²) in [6, 6.07) is 16.6. The Hall–Kier alpha value is -4.83. The van der Waals surface area contributed by atoms with E-state index in [2.05, 4.69) is 20.8 Å². The molecule has 3 aromatic carbocycles. The second kappa shape index (κ2) is 11.5. The third-order valence-corrected chi connectivity index (χ3v) is 6.95. The van der Waals surface area contributed by atoms with Crippen molar-refractivity contribution in [3.63, 3.8) is 0 Å². The van der Waals surface area contributed by atoms with Crippen LogP contribution < -0.4 is 5.32 Å². The molecule has 0 radical (unpaired) electrons. The molecular weight excluding hydrogens is 532 g/mol. The summed E-state index contributed by atoms with van der Waals surface area (Å²) in [4.78, 5) is 40.7. The molecule has 4 aromatic rings. The molecule has 0 saturated heterocycles. The van der Waals surface area contributed by atoms with E-state index in [4.69, 9.17) is 16.3 Å². The van der Waals surface area contributed by atoms with Gasteiger partial charge in [0.1, 0.15) is 12.4 Å². The summed E-state index contributed by atoms with van der Waals surface area (Å²) in [6.45, 7) is 2.28. The molecule has 1 N–H and O–H groups in total. The van der Waals surface area contributed by atoms with E-state index in [-0.39, 0.29) is 11.8 Å². The number of carbonyl (C=O) groups excluding carboxylic acids is 3. The van der Waals surface area contributed by atoms with Crippen molar-refractivity contribution < 1.29 is 19.1 Å². The van der Waals surface area contributed by atoms with E-state index in [0.717, 1.165) is 16.7 Å². The lowest BCUT2D eigenvalue weighted by atomic mass is 9.88. The fraction of sp³-hybridized carbons (Fsp3) is 0.172. The zero-order valence-electron chi connectivity index (χ0n) is 21.7. The molecule has 1 unspecified atom stereocenters. The summed E-state index contributed by atoms with van der Waals surface area (Å²) < 4.78 is 6.21. The van der Waals surface area contributed by atoms with Gasteiger partial charge in [0.2, 0.25) is 5.91 Å². The van der Waals surface area contributed by atoms with Crippen LogP contribution in [0.1, 0.15) is 38.7 Å². The van der Waals surface area contributed by atoms with Gasteiger partial charge in [0.25, 0.3) is 5.91 Å². The van der Waals surface area contributed by atoms with E-state index < -0.39 is 12.0 Å². The Kier molecular flexibility index (Phi) is 7.70. The Labute approximate surface area is 235 Å². The Morgan fingerprint density at radius 3 is 2.62 bits per heavy atom. The number of nitrogens with one attached hydrogen (secondary N) is 1. The van der Waals surface area contributed by atoms with Gasteiger partial charge in [-0.15, -0.1) is 5.10 Å². The van der Waals surface area contributed by atoms with Crippen molar-refractivity contribution in [1.82, 2.24) is 25.1 Å². The SMILES string of the molecule is COC(=O)c1ccc(NC(=O)C2c3c(C)cccc3CCN2C(=O)/C=C/c2cc(Cl)ccc2-n2cnnn2)cc1. The first-order valence-electron chi connectivity index (χ1n) is 12.4. The Bertz CT molecular complexity index is 1600. The highest BCUT2D eigenvalue weighted by molar-refractivity contribution is 6.30. The largest absolute Gasteiger partial charge is 0.465 e. The Morgan fingerprint density at radius 2 is 1.90 bits per heavy atom. The number of anilines is 1. The standard InChI is InChI=1S/C29H25ClN6O4/c1-18-4-3-5-19-14-15-35(25(37)13-8-21-16-22(30)9-12-24(21)36-17-31-33-34-36)27(26(18)19)28(38)32-23-10-6-20(7-11-23)29(39)40-2/h3-13,16-17,27H,14-15H2,1-2H3,(H,32,38)/b13-8+. The van der Waals surface area contributed by atoms with E-state index in [1.54, 1.807) is 53.4 Å². The summed E-state index contributed by atoms with van der Waals surface area (Å²) in [5.41, 5.74) is 4.86. The fourth-order valence-corrected chi connectivity index (χ4v) is 4.98. The first-order chi connectivity index (χ1) is 19.4. The molecular formula is C29H25ClN6O4. The number of aromatic nitrogens is 4. The number of aryl methyl sites for hydroxylation is 1. The molecule has 5 rings (SSSR count). The molecule has 0 aliphatic carbocycles. The minimum atomic E-state index is -0.860. The molecule has 1 aliphatic rings. The van der Waals surface area contributed by atoms with Crippen LogP contribution in [0.25, 0.3) is 11.8 Å². The highest BCUT2D eigenvalue weighted by Crippen LogP contribution is 2.34. The lowest BCUT2D eigenvalue weighted by molar-refractivity contribution is -0.135. The van der Waals surface area contributed by atoms with E-state index >= 15 is 0 Å². The van der Waals surface area contributed by atoms with Gasteiger partial charge in [0, 0.05) is 28.9 Å². The molecule has 0 bridgehead atoms. The number of tetrazole rings is 1. The van der Waals surface area contributed by atoms with Crippen LogP contribution >= 0.6 is 11.6 Å². The number of rotatable bonds is 6. The molecule has 11 heteroatoms. The van der Waals surface area contributed by atoms with Crippen LogP contribution in [0.15, 0.2) is 73.1 Å². The molecule has 10 nitrogen and oxygen atoms in total. The van der Waals surface area contributed by atoms with E-state index in [1.165, 1.54) is 24.2 Å². The van der Waals surface area contributed by atoms with Crippen molar-refractivity contribution in [1.29, 1.82) is 0 Å². The number of hydrogen-bond acceptors (Lipinski definition) is 7. The molecule has 1 aliphatic heterocycles. The predicted octanol–water partition coefficient (Wildman–Crippen LogP) is 4.19. The van der Waals surface area contributed by atoms with Crippen LogP contribution in [-0.4, -0.2) is 56.5 Å². The highest BCUT2D eigenvalue weighted by atomic mass is 35.5. The number of esters is 1. The van der Waals surface area contributed by atoms with E-state index in [1.807, 2.05) is 25.1 Å². The van der Waals surface area contributed by atoms with E-state index in [9.17, 15) is 14.4 Å². The third kappa shape index (κ3) is 5.48. The lowest BCUT2D eigenvalue weighted by Gasteiger charge is -2.36. The van der Waals surface area contributed by atoms with Crippen molar-refractivity contribution in [2.24, 2.45) is 0 Å². The second-order valence-electron chi connectivity index (χ2n) is 9.18. The van der Waals surface area contributed by atoms with Crippen LogP contribution in [0.2, 0.25) is 5.02 Å². The van der Waals surface area contributed by atoms with Gasteiger partial charge in [-0.25, -0.2) is 4.79 Å². The van der Waals surface area contributed by atoms with Crippen molar-refractivity contribution in [2.45, 2.75) is 19.4 Å². The maximum Gasteiger partial charge on any atom is 0.337 e. The predicted molar refractivity (Wildman–Crippen MR) is 149 cm³/mol. The average molecular weight is 557 g/mol. The topological polar surface area (TPSA) is 119 Å². The summed E-state index contributed by atoms with van der Waals surface area (Å²) in [5, 5.41) is 14.7. The van der Waals surface area contributed by atoms with Crippen LogP contribution in [0, 0.1) is 6.92 Å². The highest BCUT2D eigenvalue weighted by Gasteiger charge is 2.36. The normalized spacial score (nSPS) is 14.6. The number of benzene rings is 3. The monoisotopic (exact) mass is 556 g/mol. The van der Waals surface area contributed by atoms with Crippen molar-refractivity contribution in [2.75, 3.05) is 19.0 Å². The van der Waals surface area contributed by atoms with Crippen LogP contribution in [-0.2, 0) is 20.7 Å². The summed E-state index contributed by atoms with van der Waals surface area (Å²) in [7, 11) is 1.31. The number of nitrogens with zero attached hydrogens (tertiary/aromatic N) is 5. The lowest BCUT2D eigenvalue weighted by Crippen LogP contribution is -2.45. The molecule has 40 heavy (non-hydrogen) atoms. The number of halogens is 1. The third-order valence-electron chi connectivity index (χ3n) is 6.72. The molecule has 2 heterocycles. The van der Waals surface area contributed by atoms with E-state index in [0.29, 0.717) is 40.5 Å². The minimum absolute atomic E-state index is 0.335. The average Bonchev–Trinajstić information content (AvgIpc) is 3.50. The zero-order chi connectivity index (χ0) is 28.2. The first kappa shape index (κ1) is 26.8. The molecule has 0 saturated carbocycles. The Morgan fingerprint density at radius 1 is 1.10 bits per heavy atom. The van der Waals surface area contributed by atoms with Crippen molar-refractivity contribution in [3.8, 4) is 5.69 Å². The number of carbonyl (C=O) groups is 3. The van der Waals surface area contributed by atoms with Gasteiger partial charge in [-0.3, -0.25) is 9.59 Å². The summed E-state index contributed by atoms with van der Waals surface area (Å²) in [5.74, 6) is -1.17. The number of hydrogen-bond donors (Lipinski definition) is 1. The molecule has 0 spiro atoms. The maximum atomic E-state index is 13.7. The summed E-state index contributed by atoms with van der Waals surface area (Å²) in [6.07, 6.45) is 5.12. The van der Waals surface area contributed by atoms with Gasteiger partial charge >= 0.3 is 5.97 Å². The molecule has 202 valence electrons. The molecule has 1 aromatic heterocycles. The molecule has 0 fully saturated rings. The van der Waals surface area contributed by atoms with Gasteiger partial charge in [-0.2, -0.15) is 4.68 Å². The van der Waals surface area contributed by atoms with Gasteiger partial charge in [0.05, 0.1) is 18.4 Å². The van der Waals surface area contributed by atoms with Crippen molar-refractivity contribution in [3.05, 3.63) is 106 Å². The molecule has 1 atom stereocenters. The summed E-state index contributed by atoms with van der Waals surface area (Å²) >= 11 is 6.22. The van der Waals surface area contributed by atoms with Gasteiger partial charge in [-0.1, -0.05) is 29.8 Å². The number of methoxy groups -OCH3 is 1. The van der Waals surface area contributed by atoms with Crippen LogP contribution in [0.4, 0.5) is 5.69 Å². The van der Waals surface area contributed by atoms with Crippen LogP contribution in [0.5, 0.6) is 0 Å². The van der Waals surface area contributed by atoms with Gasteiger partial charge in [0.15, 0.2) is 0 Å². The van der Waals surface area contributed by atoms with Gasteiger partial charge < -0.3 is 15.0 Å². The van der Waals surface area contributed by atoms with Gasteiger partial charge in [-0.05, 0) is 89.0 Å². The number of ether oxygens (including phenoxy) is 1.